The lowest BCUT2D eigenvalue weighted by atomic mass is 9.77. The molecule has 1 aromatic heterocycles. The lowest BCUT2D eigenvalue weighted by Gasteiger charge is -2.26. The first-order valence-electron chi connectivity index (χ1n) is 6.70. The zero-order chi connectivity index (χ0) is 13.7. The first kappa shape index (κ1) is 13.6. The van der Waals surface area contributed by atoms with Crippen molar-refractivity contribution in [1.29, 1.82) is 0 Å². The highest BCUT2D eigenvalue weighted by Gasteiger charge is 2.31. The molecule has 1 aromatic rings. The average Bonchev–Trinajstić information content (AvgIpc) is 2.46. The molecule has 1 aliphatic carbocycles. The van der Waals surface area contributed by atoms with Crippen LogP contribution in [0.2, 0.25) is 0 Å². The standard InChI is InChI=1S/C14H18N2O3/c17-13(12-9-15-6-7-16-12)8-11(14(18)19)10-4-2-1-3-5-10/h6-7,9-11H,1-5,8H2,(H,18,19)/t11-/m0/s1. The van der Waals surface area contributed by atoms with E-state index in [1.165, 1.54) is 25.0 Å². The smallest absolute Gasteiger partial charge is 0.307 e. The summed E-state index contributed by atoms with van der Waals surface area (Å²) in [6.45, 7) is 0. The van der Waals surface area contributed by atoms with E-state index in [1.807, 2.05) is 0 Å². The van der Waals surface area contributed by atoms with Gasteiger partial charge in [-0.1, -0.05) is 19.3 Å². The Bertz CT molecular complexity index is 441. The molecule has 19 heavy (non-hydrogen) atoms. The molecule has 1 fully saturated rings. The molecule has 0 spiro atoms. The van der Waals surface area contributed by atoms with Gasteiger partial charge in [-0.05, 0) is 18.8 Å². The topological polar surface area (TPSA) is 80.2 Å². The van der Waals surface area contributed by atoms with Crippen molar-refractivity contribution >= 4 is 11.8 Å². The normalized spacial score (nSPS) is 17.9. The van der Waals surface area contributed by atoms with Gasteiger partial charge in [0.15, 0.2) is 5.78 Å². The minimum atomic E-state index is -0.871. The first-order valence-corrected chi connectivity index (χ1v) is 6.70. The van der Waals surface area contributed by atoms with Gasteiger partial charge in [0.25, 0.3) is 0 Å². The molecule has 0 aliphatic heterocycles. The summed E-state index contributed by atoms with van der Waals surface area (Å²) >= 11 is 0. The molecule has 0 radical (unpaired) electrons. The number of rotatable bonds is 5. The molecule has 102 valence electrons. The number of carbonyl (C=O) groups is 2. The summed E-state index contributed by atoms with van der Waals surface area (Å²) < 4.78 is 0. The molecule has 0 amide bonds. The number of carboxylic acid groups (broad SMARTS) is 1. The number of aromatic nitrogens is 2. The van der Waals surface area contributed by atoms with Crippen LogP contribution in [0.5, 0.6) is 0 Å². The van der Waals surface area contributed by atoms with Gasteiger partial charge in [0.1, 0.15) is 5.69 Å². The van der Waals surface area contributed by atoms with Crippen LogP contribution in [0.3, 0.4) is 0 Å². The Morgan fingerprint density at radius 3 is 2.58 bits per heavy atom. The van der Waals surface area contributed by atoms with Gasteiger partial charge in [-0.15, -0.1) is 0 Å². The van der Waals surface area contributed by atoms with Crippen LogP contribution in [0.25, 0.3) is 0 Å². The third-order valence-corrected chi connectivity index (χ3v) is 3.79. The number of hydrogen-bond donors (Lipinski definition) is 1. The number of nitrogens with zero attached hydrogens (tertiary/aromatic N) is 2. The van der Waals surface area contributed by atoms with E-state index in [-0.39, 0.29) is 23.8 Å². The molecule has 1 atom stereocenters. The zero-order valence-electron chi connectivity index (χ0n) is 10.8. The largest absolute Gasteiger partial charge is 0.481 e. The van der Waals surface area contributed by atoms with E-state index in [0.29, 0.717) is 0 Å². The molecule has 1 saturated carbocycles. The van der Waals surface area contributed by atoms with E-state index >= 15 is 0 Å². The summed E-state index contributed by atoms with van der Waals surface area (Å²) in [6.07, 6.45) is 9.47. The quantitative estimate of drug-likeness (QED) is 0.824. The van der Waals surface area contributed by atoms with E-state index in [9.17, 15) is 14.7 Å². The number of aliphatic carboxylic acids is 1. The fourth-order valence-corrected chi connectivity index (χ4v) is 2.74. The lowest BCUT2D eigenvalue weighted by molar-refractivity contribution is -0.144. The number of Topliss-reactive ketones (excluding diaryl/α,β-unsaturated/α-hetero) is 1. The van der Waals surface area contributed by atoms with Crippen molar-refractivity contribution in [2.75, 3.05) is 0 Å². The third kappa shape index (κ3) is 3.59. The minimum absolute atomic E-state index is 0.0265. The highest BCUT2D eigenvalue weighted by atomic mass is 16.4. The molecule has 5 heteroatoms. The third-order valence-electron chi connectivity index (χ3n) is 3.79. The second-order valence-corrected chi connectivity index (χ2v) is 5.06. The first-order chi connectivity index (χ1) is 9.18. The molecule has 5 nitrogen and oxygen atoms in total. The lowest BCUT2D eigenvalue weighted by Crippen LogP contribution is -2.28. The summed E-state index contributed by atoms with van der Waals surface area (Å²) in [5, 5.41) is 9.33. The van der Waals surface area contributed by atoms with Crippen molar-refractivity contribution in [3.8, 4) is 0 Å². The van der Waals surface area contributed by atoms with Crippen LogP contribution in [-0.2, 0) is 4.79 Å². The molecular formula is C14H18N2O3. The Hall–Kier alpha value is -1.78. The molecule has 0 saturated heterocycles. The van der Waals surface area contributed by atoms with Gasteiger partial charge in [-0.2, -0.15) is 0 Å². The molecule has 1 aliphatic rings. The zero-order valence-corrected chi connectivity index (χ0v) is 10.8. The van der Waals surface area contributed by atoms with Gasteiger partial charge in [-0.3, -0.25) is 14.6 Å². The van der Waals surface area contributed by atoms with Crippen LogP contribution in [0.4, 0.5) is 0 Å². The predicted octanol–water partition coefficient (Wildman–Crippen LogP) is 2.33. The van der Waals surface area contributed by atoms with Crippen molar-refractivity contribution in [3.05, 3.63) is 24.3 Å². The van der Waals surface area contributed by atoms with Crippen molar-refractivity contribution in [2.45, 2.75) is 38.5 Å². The van der Waals surface area contributed by atoms with Gasteiger partial charge >= 0.3 is 5.97 Å². The fraction of sp³-hybridized carbons (Fsp3) is 0.571. The maximum absolute atomic E-state index is 12.0. The Labute approximate surface area is 112 Å². The van der Waals surface area contributed by atoms with Crippen LogP contribution in [-0.4, -0.2) is 26.8 Å². The summed E-state index contributed by atoms with van der Waals surface area (Å²) in [4.78, 5) is 31.2. The van der Waals surface area contributed by atoms with Crippen molar-refractivity contribution in [3.63, 3.8) is 0 Å². The molecule has 1 heterocycles. The van der Waals surface area contributed by atoms with Crippen LogP contribution in [0.15, 0.2) is 18.6 Å². The number of ketones is 1. The Morgan fingerprint density at radius 1 is 1.26 bits per heavy atom. The van der Waals surface area contributed by atoms with Gasteiger partial charge in [-0.25, -0.2) is 4.98 Å². The van der Waals surface area contributed by atoms with Crippen molar-refractivity contribution < 1.29 is 14.7 Å². The van der Waals surface area contributed by atoms with E-state index in [1.54, 1.807) is 0 Å². The minimum Gasteiger partial charge on any atom is -0.481 e. The second kappa shape index (κ2) is 6.41. The molecule has 0 aromatic carbocycles. The molecular weight excluding hydrogens is 244 g/mol. The number of carboxylic acids is 1. The van der Waals surface area contributed by atoms with E-state index < -0.39 is 11.9 Å². The van der Waals surface area contributed by atoms with E-state index in [4.69, 9.17) is 0 Å². The van der Waals surface area contributed by atoms with Crippen LogP contribution < -0.4 is 0 Å². The predicted molar refractivity (Wildman–Crippen MR) is 68.7 cm³/mol. The van der Waals surface area contributed by atoms with Crippen LogP contribution in [0, 0.1) is 11.8 Å². The maximum atomic E-state index is 12.0. The molecule has 1 N–H and O–H groups in total. The van der Waals surface area contributed by atoms with Crippen LogP contribution >= 0.6 is 0 Å². The fourth-order valence-electron chi connectivity index (χ4n) is 2.74. The van der Waals surface area contributed by atoms with E-state index in [0.717, 1.165) is 25.7 Å². The number of carbonyl (C=O) groups excluding carboxylic acids is 1. The molecule has 2 rings (SSSR count). The highest BCUT2D eigenvalue weighted by molar-refractivity contribution is 5.96. The summed E-state index contributed by atoms with van der Waals surface area (Å²) in [7, 11) is 0. The van der Waals surface area contributed by atoms with Crippen LogP contribution in [0.1, 0.15) is 49.0 Å². The van der Waals surface area contributed by atoms with Gasteiger partial charge in [0.2, 0.25) is 0 Å². The Balaban J connectivity index is 2.04. The SMILES string of the molecule is O=C(C[C@H](C(=O)O)C1CCCCC1)c1cnccn1. The molecule has 0 unspecified atom stereocenters. The summed E-state index contributed by atoms with van der Waals surface area (Å²) in [6, 6.07) is 0. The number of hydrogen-bond acceptors (Lipinski definition) is 4. The maximum Gasteiger partial charge on any atom is 0.307 e. The van der Waals surface area contributed by atoms with Crippen molar-refractivity contribution in [2.24, 2.45) is 11.8 Å². The van der Waals surface area contributed by atoms with Crippen molar-refractivity contribution in [1.82, 2.24) is 9.97 Å². The summed E-state index contributed by atoms with van der Waals surface area (Å²) in [5.74, 6) is -1.57. The molecule has 0 bridgehead atoms. The van der Waals surface area contributed by atoms with E-state index in [2.05, 4.69) is 9.97 Å². The van der Waals surface area contributed by atoms with Gasteiger partial charge in [0.05, 0.1) is 12.1 Å². The average molecular weight is 262 g/mol. The summed E-state index contributed by atoms with van der Waals surface area (Å²) in [5.41, 5.74) is 0.254. The van der Waals surface area contributed by atoms with Gasteiger partial charge in [0, 0.05) is 18.8 Å². The monoisotopic (exact) mass is 262 g/mol. The van der Waals surface area contributed by atoms with Gasteiger partial charge < -0.3 is 5.11 Å². The Kier molecular flexibility index (Phi) is 4.60. The second-order valence-electron chi connectivity index (χ2n) is 5.06. The highest BCUT2D eigenvalue weighted by Crippen LogP contribution is 2.32. The Morgan fingerprint density at radius 2 is 2.00 bits per heavy atom.